The zero-order valence-electron chi connectivity index (χ0n) is 6.72. The quantitative estimate of drug-likeness (QED) is 0.714. The maximum atomic E-state index is 5.64. The molecule has 12 heavy (non-hydrogen) atoms. The number of nitrogens with one attached hydrogen (secondary N) is 1. The molecule has 1 atom stereocenters. The average molecular weight is 187 g/mol. The molecule has 2 heterocycles. The molecule has 0 saturated carbocycles. The number of hydrogen-bond donors (Lipinski definition) is 1. The van der Waals surface area contributed by atoms with Gasteiger partial charge in [-0.15, -0.1) is 11.6 Å². The van der Waals surface area contributed by atoms with E-state index in [1.165, 1.54) is 0 Å². The Morgan fingerprint density at radius 2 is 2.67 bits per heavy atom. The lowest BCUT2D eigenvalue weighted by Crippen LogP contribution is -1.97. The van der Waals surface area contributed by atoms with Gasteiger partial charge in [-0.1, -0.05) is 0 Å². The molecule has 66 valence electrons. The van der Waals surface area contributed by atoms with Crippen LogP contribution in [0.2, 0.25) is 0 Å². The van der Waals surface area contributed by atoms with Gasteiger partial charge in [0.15, 0.2) is 0 Å². The lowest BCUT2D eigenvalue weighted by atomic mass is 10.1. The third-order valence-electron chi connectivity index (χ3n) is 2.14. The van der Waals surface area contributed by atoms with Gasteiger partial charge >= 0.3 is 0 Å². The van der Waals surface area contributed by atoms with Crippen molar-refractivity contribution in [1.29, 1.82) is 0 Å². The molecule has 0 radical (unpaired) electrons. The summed E-state index contributed by atoms with van der Waals surface area (Å²) in [6.45, 7) is 1.65. The van der Waals surface area contributed by atoms with Gasteiger partial charge in [0.2, 0.25) is 0 Å². The van der Waals surface area contributed by atoms with Crippen LogP contribution in [-0.4, -0.2) is 23.4 Å². The molecule has 1 aliphatic heterocycles. The molecule has 0 spiro atoms. The molecule has 2 rings (SSSR count). The summed E-state index contributed by atoms with van der Waals surface area (Å²) in [5, 5.41) is 7.07. The fraction of sp³-hybridized carbons (Fsp3) is 0.625. The molecule has 1 fully saturated rings. The van der Waals surface area contributed by atoms with Crippen molar-refractivity contribution in [2.75, 3.05) is 13.2 Å². The second-order valence-electron chi connectivity index (χ2n) is 3.01. The number of ether oxygens (including phenoxy) is 1. The topological polar surface area (TPSA) is 37.9 Å². The molecule has 0 aromatic carbocycles. The van der Waals surface area contributed by atoms with Crippen molar-refractivity contribution in [3.63, 3.8) is 0 Å². The SMILES string of the molecule is ClCc1cc(C2CCOC2)n[nH]1. The summed E-state index contributed by atoms with van der Waals surface area (Å²) in [5.74, 6) is 0.971. The predicted molar refractivity (Wildman–Crippen MR) is 46.3 cm³/mol. The molecule has 1 unspecified atom stereocenters. The van der Waals surface area contributed by atoms with Gasteiger partial charge in [0.05, 0.1) is 23.9 Å². The van der Waals surface area contributed by atoms with Gasteiger partial charge in [-0.2, -0.15) is 5.10 Å². The maximum Gasteiger partial charge on any atom is 0.0680 e. The molecule has 0 amide bonds. The molecule has 1 aliphatic rings. The molecule has 1 aromatic heterocycles. The first-order valence-corrected chi connectivity index (χ1v) is 4.61. The van der Waals surface area contributed by atoms with E-state index in [1.54, 1.807) is 0 Å². The maximum absolute atomic E-state index is 5.64. The van der Waals surface area contributed by atoms with E-state index in [9.17, 15) is 0 Å². The fourth-order valence-corrected chi connectivity index (χ4v) is 1.56. The van der Waals surface area contributed by atoms with Crippen LogP contribution in [0.3, 0.4) is 0 Å². The van der Waals surface area contributed by atoms with Crippen LogP contribution in [0.25, 0.3) is 0 Å². The van der Waals surface area contributed by atoms with E-state index >= 15 is 0 Å². The highest BCUT2D eigenvalue weighted by atomic mass is 35.5. The zero-order chi connectivity index (χ0) is 8.39. The van der Waals surface area contributed by atoms with Crippen LogP contribution in [0.15, 0.2) is 6.07 Å². The highest BCUT2D eigenvalue weighted by molar-refractivity contribution is 6.16. The van der Waals surface area contributed by atoms with Crippen LogP contribution < -0.4 is 0 Å². The van der Waals surface area contributed by atoms with Crippen molar-refractivity contribution >= 4 is 11.6 Å². The Morgan fingerprint density at radius 3 is 3.25 bits per heavy atom. The Bertz CT molecular complexity index is 255. The lowest BCUT2D eigenvalue weighted by molar-refractivity contribution is 0.193. The van der Waals surface area contributed by atoms with Crippen molar-refractivity contribution in [3.05, 3.63) is 17.5 Å². The summed E-state index contributed by atoms with van der Waals surface area (Å²) in [6, 6.07) is 2.02. The number of hydrogen-bond acceptors (Lipinski definition) is 2. The van der Waals surface area contributed by atoms with Crippen molar-refractivity contribution in [3.8, 4) is 0 Å². The van der Waals surface area contributed by atoms with E-state index in [2.05, 4.69) is 10.2 Å². The predicted octanol–water partition coefficient (Wildman–Crippen LogP) is 1.65. The summed E-state index contributed by atoms with van der Waals surface area (Å²) in [4.78, 5) is 0. The van der Waals surface area contributed by atoms with E-state index in [4.69, 9.17) is 16.3 Å². The van der Waals surface area contributed by atoms with Crippen molar-refractivity contribution in [2.45, 2.75) is 18.2 Å². The first-order chi connectivity index (χ1) is 5.90. The van der Waals surface area contributed by atoms with Crippen molar-refractivity contribution < 1.29 is 4.74 Å². The minimum atomic E-state index is 0.471. The Labute approximate surface area is 76.1 Å². The fourth-order valence-electron chi connectivity index (χ4n) is 1.42. The summed E-state index contributed by atoms with van der Waals surface area (Å²) < 4.78 is 5.27. The smallest absolute Gasteiger partial charge is 0.0680 e. The van der Waals surface area contributed by atoms with Gasteiger partial charge in [0.1, 0.15) is 0 Å². The highest BCUT2D eigenvalue weighted by Gasteiger charge is 2.19. The number of rotatable bonds is 2. The van der Waals surface area contributed by atoms with E-state index in [0.29, 0.717) is 11.8 Å². The third kappa shape index (κ3) is 1.47. The third-order valence-corrected chi connectivity index (χ3v) is 2.43. The van der Waals surface area contributed by atoms with E-state index in [-0.39, 0.29) is 0 Å². The van der Waals surface area contributed by atoms with Gasteiger partial charge in [0, 0.05) is 12.5 Å². The molecule has 1 N–H and O–H groups in total. The van der Waals surface area contributed by atoms with E-state index < -0.39 is 0 Å². The van der Waals surface area contributed by atoms with E-state index in [0.717, 1.165) is 31.0 Å². The Balaban J connectivity index is 2.11. The summed E-state index contributed by atoms with van der Waals surface area (Å²) in [7, 11) is 0. The first kappa shape index (κ1) is 8.08. The van der Waals surface area contributed by atoms with Crippen LogP contribution in [0.4, 0.5) is 0 Å². The summed E-state index contributed by atoms with van der Waals surface area (Å²) in [6.07, 6.45) is 1.08. The molecule has 1 saturated heterocycles. The van der Waals surface area contributed by atoms with Gasteiger partial charge in [0.25, 0.3) is 0 Å². The standard InChI is InChI=1S/C8H11ClN2O/c9-4-7-3-8(11-10-7)6-1-2-12-5-6/h3,6H,1-2,4-5H2,(H,10,11). The van der Waals surface area contributed by atoms with Gasteiger partial charge in [-0.3, -0.25) is 5.10 Å². The normalized spacial score (nSPS) is 23.2. The van der Waals surface area contributed by atoms with Crippen LogP contribution in [0.1, 0.15) is 23.7 Å². The Hall–Kier alpha value is -0.540. The molecular weight excluding hydrogens is 176 g/mol. The number of H-pyrrole nitrogens is 1. The second-order valence-corrected chi connectivity index (χ2v) is 3.28. The lowest BCUT2D eigenvalue weighted by Gasteiger charge is -1.99. The van der Waals surface area contributed by atoms with Gasteiger partial charge in [-0.25, -0.2) is 0 Å². The highest BCUT2D eigenvalue weighted by Crippen LogP contribution is 2.23. The monoisotopic (exact) mass is 186 g/mol. The summed E-state index contributed by atoms with van der Waals surface area (Å²) in [5.41, 5.74) is 2.07. The number of halogens is 1. The van der Waals surface area contributed by atoms with Crippen LogP contribution in [0, 0.1) is 0 Å². The first-order valence-electron chi connectivity index (χ1n) is 4.08. The summed E-state index contributed by atoms with van der Waals surface area (Å²) >= 11 is 5.64. The minimum absolute atomic E-state index is 0.471. The van der Waals surface area contributed by atoms with Crippen molar-refractivity contribution in [1.82, 2.24) is 10.2 Å². The van der Waals surface area contributed by atoms with Gasteiger partial charge in [-0.05, 0) is 12.5 Å². The second kappa shape index (κ2) is 3.46. The molecule has 4 heteroatoms. The number of aromatic amines is 1. The van der Waals surface area contributed by atoms with Crippen molar-refractivity contribution in [2.24, 2.45) is 0 Å². The van der Waals surface area contributed by atoms with Crippen LogP contribution in [0.5, 0.6) is 0 Å². The van der Waals surface area contributed by atoms with Crippen LogP contribution in [-0.2, 0) is 10.6 Å². The molecule has 0 aliphatic carbocycles. The molecule has 0 bridgehead atoms. The van der Waals surface area contributed by atoms with Crippen LogP contribution >= 0.6 is 11.6 Å². The molecule has 1 aromatic rings. The number of aromatic nitrogens is 2. The Kier molecular flexibility index (Phi) is 2.33. The minimum Gasteiger partial charge on any atom is -0.381 e. The zero-order valence-corrected chi connectivity index (χ0v) is 7.47. The Morgan fingerprint density at radius 1 is 1.75 bits per heavy atom. The molecular formula is C8H11ClN2O. The number of alkyl halides is 1. The largest absolute Gasteiger partial charge is 0.381 e. The van der Waals surface area contributed by atoms with E-state index in [1.807, 2.05) is 6.07 Å². The number of nitrogens with zero attached hydrogens (tertiary/aromatic N) is 1. The molecule has 3 nitrogen and oxygen atoms in total. The van der Waals surface area contributed by atoms with Gasteiger partial charge < -0.3 is 4.74 Å². The average Bonchev–Trinajstić information content (AvgIpc) is 2.75.